The predicted molar refractivity (Wildman–Crippen MR) is 99.1 cm³/mol. The molecule has 2 atom stereocenters. The molecule has 0 aromatic heterocycles. The minimum absolute atomic E-state index is 0.0386. The van der Waals surface area contributed by atoms with Gasteiger partial charge < -0.3 is 0 Å². The molecule has 0 unspecified atom stereocenters. The second kappa shape index (κ2) is 9.71. The third-order valence-electron chi connectivity index (χ3n) is 6.90. The smallest absolute Gasteiger partial charge is 0.0689 e. The van der Waals surface area contributed by atoms with Gasteiger partial charge in [0.15, 0.2) is 0 Å². The summed E-state index contributed by atoms with van der Waals surface area (Å²) < 4.78 is 0. The number of unbranched alkanes of at least 4 members (excludes halogenated alkanes) is 3. The average molecular weight is 318 g/mol. The molecule has 132 valence electrons. The van der Waals surface area contributed by atoms with Crippen LogP contribution >= 0.6 is 0 Å². The van der Waals surface area contributed by atoms with Crippen LogP contribution in [-0.4, -0.2) is 0 Å². The van der Waals surface area contributed by atoms with Crippen molar-refractivity contribution in [2.75, 3.05) is 0 Å². The van der Waals surface area contributed by atoms with E-state index in [1.54, 1.807) is 0 Å². The Bertz CT molecular complexity index is 361. The number of nitrogens with zero attached hydrogens (tertiary/aromatic N) is 1. The first-order valence-corrected chi connectivity index (χ1v) is 10.6. The van der Waals surface area contributed by atoms with E-state index in [4.69, 9.17) is 0 Å². The van der Waals surface area contributed by atoms with Gasteiger partial charge in [-0.1, -0.05) is 78.1 Å². The van der Waals surface area contributed by atoms with Gasteiger partial charge in [-0.05, 0) is 49.9 Å². The third-order valence-corrected chi connectivity index (χ3v) is 6.90. The third kappa shape index (κ3) is 5.51. The Labute approximate surface area is 145 Å². The Morgan fingerprint density at radius 1 is 0.913 bits per heavy atom. The molecule has 2 aliphatic rings. The van der Waals surface area contributed by atoms with Gasteiger partial charge in [-0.3, -0.25) is 0 Å². The molecule has 2 fully saturated rings. The molecule has 0 aromatic carbocycles. The van der Waals surface area contributed by atoms with Gasteiger partial charge in [0.2, 0.25) is 0 Å². The Balaban J connectivity index is 1.80. The van der Waals surface area contributed by atoms with E-state index in [2.05, 4.69) is 19.9 Å². The normalized spacial score (nSPS) is 34.9. The number of nitriles is 1. The van der Waals surface area contributed by atoms with Crippen LogP contribution in [0.3, 0.4) is 0 Å². The SMILES string of the molecule is CCCCCC1CCC([C@@H]2CCC[C@@](C#N)(CCCC)C2)CC1. The molecule has 2 rings (SSSR count). The summed E-state index contributed by atoms with van der Waals surface area (Å²) in [5, 5.41) is 9.80. The zero-order chi connectivity index (χ0) is 16.5. The highest BCUT2D eigenvalue weighted by atomic mass is 14.5. The van der Waals surface area contributed by atoms with Crippen LogP contribution in [0.5, 0.6) is 0 Å². The maximum atomic E-state index is 9.80. The summed E-state index contributed by atoms with van der Waals surface area (Å²) in [6, 6.07) is 2.76. The van der Waals surface area contributed by atoms with Crippen molar-refractivity contribution in [2.24, 2.45) is 23.2 Å². The van der Waals surface area contributed by atoms with Gasteiger partial charge in [-0.15, -0.1) is 0 Å². The van der Waals surface area contributed by atoms with E-state index < -0.39 is 0 Å². The fourth-order valence-electron chi connectivity index (χ4n) is 5.34. The van der Waals surface area contributed by atoms with Crippen LogP contribution in [0.2, 0.25) is 0 Å². The van der Waals surface area contributed by atoms with E-state index >= 15 is 0 Å². The van der Waals surface area contributed by atoms with Gasteiger partial charge in [-0.25, -0.2) is 0 Å². The minimum Gasteiger partial charge on any atom is -0.198 e. The molecule has 0 amide bonds. The number of hydrogen-bond acceptors (Lipinski definition) is 1. The van der Waals surface area contributed by atoms with Crippen LogP contribution in [0.15, 0.2) is 0 Å². The maximum Gasteiger partial charge on any atom is 0.0689 e. The molecule has 0 N–H and O–H groups in total. The molecule has 0 heterocycles. The predicted octanol–water partition coefficient (Wildman–Crippen LogP) is 7.26. The van der Waals surface area contributed by atoms with Crippen LogP contribution in [0.4, 0.5) is 0 Å². The van der Waals surface area contributed by atoms with Crippen molar-refractivity contribution in [3.8, 4) is 6.07 Å². The minimum atomic E-state index is 0.0386. The van der Waals surface area contributed by atoms with Crippen molar-refractivity contribution in [3.63, 3.8) is 0 Å². The quantitative estimate of drug-likeness (QED) is 0.432. The second-order valence-electron chi connectivity index (χ2n) is 8.63. The summed E-state index contributed by atoms with van der Waals surface area (Å²) in [6.45, 7) is 4.56. The van der Waals surface area contributed by atoms with Crippen molar-refractivity contribution < 1.29 is 0 Å². The zero-order valence-corrected chi connectivity index (χ0v) is 15.8. The van der Waals surface area contributed by atoms with Crippen LogP contribution in [0, 0.1) is 34.5 Å². The van der Waals surface area contributed by atoms with Gasteiger partial charge in [0, 0.05) is 0 Å². The monoisotopic (exact) mass is 317 g/mol. The van der Waals surface area contributed by atoms with Crippen molar-refractivity contribution >= 4 is 0 Å². The number of rotatable bonds is 8. The molecule has 0 aromatic rings. The van der Waals surface area contributed by atoms with Crippen molar-refractivity contribution in [1.82, 2.24) is 0 Å². The van der Waals surface area contributed by atoms with E-state index in [0.29, 0.717) is 0 Å². The molecule has 0 spiro atoms. The summed E-state index contributed by atoms with van der Waals surface area (Å²) >= 11 is 0. The lowest BCUT2D eigenvalue weighted by molar-refractivity contribution is 0.102. The standard InChI is InChI=1S/C22H39N/c1-3-5-7-9-19-11-13-20(14-12-19)21-10-8-16-22(17-21,18-23)15-6-4-2/h19-21H,3-17H2,1-2H3/t19?,20?,21-,22+/m1/s1. The molecule has 1 heteroatoms. The highest BCUT2D eigenvalue weighted by Crippen LogP contribution is 2.48. The molecule has 2 aliphatic carbocycles. The first-order chi connectivity index (χ1) is 11.2. The Morgan fingerprint density at radius 3 is 2.30 bits per heavy atom. The summed E-state index contributed by atoms with van der Waals surface area (Å²) in [4.78, 5) is 0. The van der Waals surface area contributed by atoms with Crippen LogP contribution in [0.25, 0.3) is 0 Å². The lowest BCUT2D eigenvalue weighted by Crippen LogP contribution is -2.32. The summed E-state index contributed by atoms with van der Waals surface area (Å²) in [5.41, 5.74) is 0.0386. The van der Waals surface area contributed by atoms with E-state index in [9.17, 15) is 5.26 Å². The van der Waals surface area contributed by atoms with Crippen LogP contribution < -0.4 is 0 Å². The van der Waals surface area contributed by atoms with Crippen LogP contribution in [-0.2, 0) is 0 Å². The van der Waals surface area contributed by atoms with Gasteiger partial charge in [0.1, 0.15) is 0 Å². The van der Waals surface area contributed by atoms with E-state index in [-0.39, 0.29) is 5.41 Å². The van der Waals surface area contributed by atoms with Crippen molar-refractivity contribution in [1.29, 1.82) is 5.26 Å². The molecular weight excluding hydrogens is 278 g/mol. The van der Waals surface area contributed by atoms with Crippen LogP contribution in [0.1, 0.15) is 110 Å². The molecule has 2 saturated carbocycles. The molecule has 23 heavy (non-hydrogen) atoms. The lowest BCUT2D eigenvalue weighted by atomic mass is 9.62. The average Bonchev–Trinajstić information content (AvgIpc) is 2.61. The number of hydrogen-bond donors (Lipinski definition) is 0. The lowest BCUT2D eigenvalue weighted by Gasteiger charge is -2.42. The second-order valence-corrected chi connectivity index (χ2v) is 8.63. The topological polar surface area (TPSA) is 23.8 Å². The molecular formula is C22H39N. The fourth-order valence-corrected chi connectivity index (χ4v) is 5.34. The highest BCUT2D eigenvalue weighted by Gasteiger charge is 2.39. The zero-order valence-electron chi connectivity index (χ0n) is 15.8. The Hall–Kier alpha value is -0.510. The summed E-state index contributed by atoms with van der Waals surface area (Å²) in [5.74, 6) is 2.81. The molecule has 0 aliphatic heterocycles. The van der Waals surface area contributed by atoms with E-state index in [0.717, 1.165) is 24.2 Å². The summed E-state index contributed by atoms with van der Waals surface area (Å²) in [7, 11) is 0. The van der Waals surface area contributed by atoms with Gasteiger partial charge in [-0.2, -0.15) is 5.26 Å². The highest BCUT2D eigenvalue weighted by molar-refractivity contribution is 5.03. The van der Waals surface area contributed by atoms with Gasteiger partial charge >= 0.3 is 0 Å². The molecule has 1 nitrogen and oxygen atoms in total. The van der Waals surface area contributed by atoms with E-state index in [1.165, 1.54) is 89.9 Å². The van der Waals surface area contributed by atoms with E-state index in [1.807, 2.05) is 0 Å². The maximum absolute atomic E-state index is 9.80. The first-order valence-electron chi connectivity index (χ1n) is 10.6. The van der Waals surface area contributed by atoms with Crippen molar-refractivity contribution in [2.45, 2.75) is 110 Å². The van der Waals surface area contributed by atoms with Gasteiger partial charge in [0.05, 0.1) is 11.5 Å². The molecule has 0 radical (unpaired) electrons. The van der Waals surface area contributed by atoms with Gasteiger partial charge in [0.25, 0.3) is 0 Å². The van der Waals surface area contributed by atoms with Crippen molar-refractivity contribution in [3.05, 3.63) is 0 Å². The summed E-state index contributed by atoms with van der Waals surface area (Å²) in [6.07, 6.45) is 20.3. The Kier molecular flexibility index (Phi) is 7.94. The molecule has 0 saturated heterocycles. The first kappa shape index (κ1) is 18.8. The Morgan fingerprint density at radius 2 is 1.65 bits per heavy atom. The fraction of sp³-hybridized carbons (Fsp3) is 0.955. The molecule has 0 bridgehead atoms. The largest absolute Gasteiger partial charge is 0.198 e.